The lowest BCUT2D eigenvalue weighted by molar-refractivity contribution is 0.747. The molecule has 14 heavy (non-hydrogen) atoms. The predicted molar refractivity (Wildman–Crippen MR) is 63.2 cm³/mol. The van der Waals surface area contributed by atoms with E-state index in [0.29, 0.717) is 6.04 Å². The summed E-state index contributed by atoms with van der Waals surface area (Å²) in [4.78, 5) is 10.9. The zero-order valence-electron chi connectivity index (χ0n) is 9.08. The third-order valence-corrected chi connectivity index (χ3v) is 3.21. The summed E-state index contributed by atoms with van der Waals surface area (Å²) >= 11 is 3.47. The van der Waals surface area contributed by atoms with Gasteiger partial charge in [0.15, 0.2) is 0 Å². The second kappa shape index (κ2) is 4.73. The van der Waals surface area contributed by atoms with E-state index in [1.54, 1.807) is 6.20 Å². The molecule has 1 aromatic heterocycles. The van der Waals surface area contributed by atoms with Gasteiger partial charge in [-0.05, 0) is 20.8 Å². The van der Waals surface area contributed by atoms with Gasteiger partial charge < -0.3 is 4.90 Å². The van der Waals surface area contributed by atoms with Crippen LogP contribution in [0.1, 0.15) is 18.3 Å². The minimum atomic E-state index is 0.421. The second-order valence-corrected chi connectivity index (χ2v) is 4.18. The molecule has 0 radical (unpaired) electrons. The molecule has 0 saturated carbocycles. The summed E-state index contributed by atoms with van der Waals surface area (Å²) in [5.74, 6) is 0.969. The molecule has 0 spiro atoms. The van der Waals surface area contributed by atoms with Gasteiger partial charge in [-0.2, -0.15) is 0 Å². The van der Waals surface area contributed by atoms with E-state index in [1.165, 1.54) is 0 Å². The quantitative estimate of drug-likeness (QED) is 0.779. The summed E-state index contributed by atoms with van der Waals surface area (Å²) < 4.78 is 0. The van der Waals surface area contributed by atoms with E-state index in [0.717, 1.165) is 22.5 Å². The van der Waals surface area contributed by atoms with Crippen molar-refractivity contribution in [1.82, 2.24) is 9.97 Å². The molecule has 1 atom stereocenters. The highest BCUT2D eigenvalue weighted by Gasteiger charge is 2.12. The number of rotatable bonds is 3. The third kappa shape index (κ3) is 2.44. The average Bonchev–Trinajstić information content (AvgIpc) is 2.19. The van der Waals surface area contributed by atoms with Crippen molar-refractivity contribution in [2.75, 3.05) is 17.3 Å². The summed E-state index contributed by atoms with van der Waals surface area (Å²) in [5, 5.41) is 0.929. The topological polar surface area (TPSA) is 29.0 Å². The van der Waals surface area contributed by atoms with E-state index in [1.807, 2.05) is 20.9 Å². The molecule has 0 fully saturated rings. The molecular weight excluding hydrogens is 242 g/mol. The van der Waals surface area contributed by atoms with E-state index in [4.69, 9.17) is 0 Å². The molecule has 0 bridgehead atoms. The Balaban J connectivity index is 2.99. The van der Waals surface area contributed by atoms with Gasteiger partial charge in [0.05, 0.1) is 11.4 Å². The van der Waals surface area contributed by atoms with Crippen LogP contribution >= 0.6 is 15.9 Å². The highest BCUT2D eigenvalue weighted by molar-refractivity contribution is 9.09. The van der Waals surface area contributed by atoms with Crippen LogP contribution in [0.15, 0.2) is 6.20 Å². The van der Waals surface area contributed by atoms with E-state index >= 15 is 0 Å². The highest BCUT2D eigenvalue weighted by atomic mass is 79.9. The summed E-state index contributed by atoms with van der Waals surface area (Å²) in [6.45, 7) is 6.10. The number of halogens is 1. The zero-order valence-corrected chi connectivity index (χ0v) is 10.7. The first-order valence-corrected chi connectivity index (χ1v) is 5.77. The van der Waals surface area contributed by atoms with E-state index in [2.05, 4.69) is 37.7 Å². The first-order valence-electron chi connectivity index (χ1n) is 4.65. The van der Waals surface area contributed by atoms with Gasteiger partial charge in [-0.15, -0.1) is 0 Å². The van der Waals surface area contributed by atoms with Crippen molar-refractivity contribution in [2.24, 2.45) is 0 Å². The van der Waals surface area contributed by atoms with Crippen LogP contribution in [0.3, 0.4) is 0 Å². The van der Waals surface area contributed by atoms with Crippen LogP contribution in [-0.2, 0) is 0 Å². The molecule has 1 unspecified atom stereocenters. The lowest BCUT2D eigenvalue weighted by Crippen LogP contribution is -2.31. The fourth-order valence-corrected chi connectivity index (χ4v) is 1.61. The first kappa shape index (κ1) is 11.4. The van der Waals surface area contributed by atoms with Gasteiger partial charge in [-0.3, -0.25) is 4.98 Å². The number of aryl methyl sites for hydroxylation is 2. The minimum absolute atomic E-state index is 0.421. The SMILES string of the molecule is Cc1cnc(C)c(N(C)C(C)CBr)n1. The van der Waals surface area contributed by atoms with E-state index < -0.39 is 0 Å². The molecule has 0 aliphatic carbocycles. The van der Waals surface area contributed by atoms with Crippen LogP contribution in [-0.4, -0.2) is 28.4 Å². The molecule has 0 amide bonds. The van der Waals surface area contributed by atoms with Crippen LogP contribution < -0.4 is 4.90 Å². The summed E-state index contributed by atoms with van der Waals surface area (Å²) in [6.07, 6.45) is 1.80. The van der Waals surface area contributed by atoms with E-state index in [-0.39, 0.29) is 0 Å². The molecule has 1 rings (SSSR count). The van der Waals surface area contributed by atoms with Crippen LogP contribution in [0.5, 0.6) is 0 Å². The number of nitrogens with zero attached hydrogens (tertiary/aromatic N) is 3. The largest absolute Gasteiger partial charge is 0.355 e. The number of hydrogen-bond donors (Lipinski definition) is 0. The molecule has 0 N–H and O–H groups in total. The molecule has 0 aliphatic heterocycles. The van der Waals surface area contributed by atoms with Crippen molar-refractivity contribution < 1.29 is 0 Å². The number of anilines is 1. The minimum Gasteiger partial charge on any atom is -0.355 e. The Bertz CT molecular complexity index is 314. The maximum atomic E-state index is 4.48. The van der Waals surface area contributed by atoms with Gasteiger partial charge in [0.2, 0.25) is 0 Å². The van der Waals surface area contributed by atoms with Crippen molar-refractivity contribution in [3.05, 3.63) is 17.6 Å². The van der Waals surface area contributed by atoms with Crippen LogP contribution in [0, 0.1) is 13.8 Å². The van der Waals surface area contributed by atoms with Gasteiger partial charge in [-0.1, -0.05) is 15.9 Å². The molecule has 3 nitrogen and oxygen atoms in total. The van der Waals surface area contributed by atoms with Gasteiger partial charge >= 0.3 is 0 Å². The summed E-state index contributed by atoms with van der Waals surface area (Å²) in [5.41, 5.74) is 1.94. The molecule has 0 aliphatic rings. The van der Waals surface area contributed by atoms with Crippen LogP contribution in [0.4, 0.5) is 5.82 Å². The average molecular weight is 258 g/mol. The lowest BCUT2D eigenvalue weighted by Gasteiger charge is -2.25. The Morgan fingerprint density at radius 3 is 2.71 bits per heavy atom. The number of alkyl halides is 1. The summed E-state index contributed by atoms with van der Waals surface area (Å²) in [6, 6.07) is 0.421. The Hall–Kier alpha value is -0.640. The molecule has 4 heteroatoms. The van der Waals surface area contributed by atoms with Crippen LogP contribution in [0.2, 0.25) is 0 Å². The molecule has 0 aromatic carbocycles. The van der Waals surface area contributed by atoms with Gasteiger partial charge in [0, 0.05) is 24.6 Å². The second-order valence-electron chi connectivity index (χ2n) is 3.53. The molecule has 78 valence electrons. The monoisotopic (exact) mass is 257 g/mol. The molecule has 1 heterocycles. The molecular formula is C10H16BrN3. The Morgan fingerprint density at radius 2 is 2.14 bits per heavy atom. The van der Waals surface area contributed by atoms with Gasteiger partial charge in [-0.25, -0.2) is 4.98 Å². The smallest absolute Gasteiger partial charge is 0.150 e. The summed E-state index contributed by atoms with van der Waals surface area (Å²) in [7, 11) is 2.04. The van der Waals surface area contributed by atoms with Crippen molar-refractivity contribution in [2.45, 2.75) is 26.8 Å². The van der Waals surface area contributed by atoms with Crippen molar-refractivity contribution >= 4 is 21.7 Å². The number of hydrogen-bond acceptors (Lipinski definition) is 3. The maximum absolute atomic E-state index is 4.48. The fraction of sp³-hybridized carbons (Fsp3) is 0.600. The van der Waals surface area contributed by atoms with Crippen molar-refractivity contribution in [3.8, 4) is 0 Å². The Morgan fingerprint density at radius 1 is 1.50 bits per heavy atom. The molecule has 0 saturated heterocycles. The Kier molecular flexibility index (Phi) is 3.86. The first-order chi connectivity index (χ1) is 6.56. The maximum Gasteiger partial charge on any atom is 0.150 e. The normalized spacial score (nSPS) is 12.6. The van der Waals surface area contributed by atoms with Crippen molar-refractivity contribution in [3.63, 3.8) is 0 Å². The van der Waals surface area contributed by atoms with Crippen LogP contribution in [0.25, 0.3) is 0 Å². The van der Waals surface area contributed by atoms with Crippen molar-refractivity contribution in [1.29, 1.82) is 0 Å². The van der Waals surface area contributed by atoms with E-state index in [9.17, 15) is 0 Å². The van der Waals surface area contributed by atoms with Gasteiger partial charge in [0.1, 0.15) is 5.82 Å². The van der Waals surface area contributed by atoms with Gasteiger partial charge in [0.25, 0.3) is 0 Å². The number of aromatic nitrogens is 2. The highest BCUT2D eigenvalue weighted by Crippen LogP contribution is 2.16. The predicted octanol–water partition coefficient (Wildman–Crippen LogP) is 2.31. The fourth-order valence-electron chi connectivity index (χ4n) is 1.17. The third-order valence-electron chi connectivity index (χ3n) is 2.27. The molecule has 1 aromatic rings. The Labute approximate surface area is 93.7 Å². The lowest BCUT2D eigenvalue weighted by atomic mass is 10.3. The standard InChI is InChI=1S/C10H16BrN3/c1-7-6-12-9(3)10(13-7)14(4)8(2)5-11/h6,8H,5H2,1-4H3. The zero-order chi connectivity index (χ0) is 10.7.